The van der Waals surface area contributed by atoms with Crippen LogP contribution in [-0.4, -0.2) is 41.4 Å². The second-order valence-electron chi connectivity index (χ2n) is 10.9. The Morgan fingerprint density at radius 3 is 2.43 bits per heavy atom. The van der Waals surface area contributed by atoms with Gasteiger partial charge < -0.3 is 16.0 Å². The Morgan fingerprint density at radius 2 is 1.66 bits per heavy atom. The molecular weight excluding hydrogens is 434 g/mol. The van der Waals surface area contributed by atoms with Crippen LogP contribution in [0.3, 0.4) is 0 Å². The van der Waals surface area contributed by atoms with Crippen LogP contribution in [0.2, 0.25) is 0 Å². The molecule has 2 amide bonds. The average molecular weight is 470 g/mol. The minimum absolute atomic E-state index is 0.0170. The standard InChI is InChI=1S/C30H35N3O2/c1-29(2,31)28(35)32-26(20-23-11-7-10-21-8-3-5-12-24(21)23)27(34)33-18-16-30(17-19-33)15-14-22-9-4-6-13-25(22)30/h3-13,26H,14-20,31H2,1-2H3,(H,32,35)/t26-/m1/s1. The molecule has 0 bridgehead atoms. The first kappa shape index (κ1) is 23.6. The number of carbonyl (C=O) groups excluding carboxylic acids is 2. The molecule has 0 unspecified atom stereocenters. The number of hydrogen-bond acceptors (Lipinski definition) is 3. The summed E-state index contributed by atoms with van der Waals surface area (Å²) in [5, 5.41) is 5.22. The van der Waals surface area contributed by atoms with E-state index < -0.39 is 11.6 Å². The van der Waals surface area contributed by atoms with Crippen LogP contribution in [0.1, 0.15) is 49.8 Å². The molecule has 182 valence electrons. The molecule has 1 heterocycles. The van der Waals surface area contributed by atoms with Gasteiger partial charge in [-0.25, -0.2) is 0 Å². The van der Waals surface area contributed by atoms with Crippen LogP contribution in [0.25, 0.3) is 10.8 Å². The Balaban J connectivity index is 1.37. The quantitative estimate of drug-likeness (QED) is 0.591. The van der Waals surface area contributed by atoms with Crippen LogP contribution in [0, 0.1) is 0 Å². The Bertz CT molecular complexity index is 1250. The fourth-order valence-electron chi connectivity index (χ4n) is 5.89. The van der Waals surface area contributed by atoms with Crippen molar-refractivity contribution in [3.05, 3.63) is 83.4 Å². The molecule has 0 radical (unpaired) electrons. The van der Waals surface area contributed by atoms with Crippen molar-refractivity contribution in [2.24, 2.45) is 5.73 Å². The van der Waals surface area contributed by atoms with Crippen molar-refractivity contribution < 1.29 is 9.59 Å². The van der Waals surface area contributed by atoms with E-state index in [0.717, 1.165) is 42.0 Å². The summed E-state index contributed by atoms with van der Waals surface area (Å²) < 4.78 is 0. The lowest BCUT2D eigenvalue weighted by molar-refractivity contribution is -0.138. The zero-order valence-electron chi connectivity index (χ0n) is 20.7. The fourth-order valence-corrected chi connectivity index (χ4v) is 5.89. The second kappa shape index (κ2) is 9.12. The monoisotopic (exact) mass is 469 g/mol. The van der Waals surface area contributed by atoms with Gasteiger partial charge in [0.25, 0.3) is 0 Å². The second-order valence-corrected chi connectivity index (χ2v) is 10.9. The molecule has 1 aliphatic carbocycles. The molecular formula is C30H35N3O2. The van der Waals surface area contributed by atoms with E-state index in [9.17, 15) is 9.59 Å². The van der Waals surface area contributed by atoms with Gasteiger partial charge in [-0.15, -0.1) is 0 Å². The highest BCUT2D eigenvalue weighted by molar-refractivity contribution is 5.93. The van der Waals surface area contributed by atoms with Gasteiger partial charge in [0, 0.05) is 19.5 Å². The maximum absolute atomic E-state index is 13.8. The van der Waals surface area contributed by atoms with Crippen molar-refractivity contribution >= 4 is 22.6 Å². The van der Waals surface area contributed by atoms with Crippen molar-refractivity contribution in [2.75, 3.05) is 13.1 Å². The third kappa shape index (κ3) is 4.57. The van der Waals surface area contributed by atoms with E-state index in [1.165, 1.54) is 11.1 Å². The van der Waals surface area contributed by atoms with Crippen molar-refractivity contribution in [1.29, 1.82) is 0 Å². The number of piperidine rings is 1. The Kier molecular flexibility index (Phi) is 6.14. The smallest absolute Gasteiger partial charge is 0.245 e. The molecule has 3 aromatic carbocycles. The number of benzene rings is 3. The topological polar surface area (TPSA) is 75.4 Å². The average Bonchev–Trinajstić information content (AvgIpc) is 3.21. The predicted octanol–water partition coefficient (Wildman–Crippen LogP) is 4.11. The lowest BCUT2D eigenvalue weighted by Crippen LogP contribution is -2.58. The lowest BCUT2D eigenvalue weighted by Gasteiger charge is -2.41. The van der Waals surface area contributed by atoms with Gasteiger partial charge in [-0.3, -0.25) is 9.59 Å². The normalized spacial score (nSPS) is 17.9. The van der Waals surface area contributed by atoms with E-state index in [2.05, 4.69) is 47.8 Å². The summed E-state index contributed by atoms with van der Waals surface area (Å²) >= 11 is 0. The molecule has 1 spiro atoms. The first-order chi connectivity index (χ1) is 16.8. The zero-order chi connectivity index (χ0) is 24.6. The number of aryl methyl sites for hydroxylation is 1. The lowest BCUT2D eigenvalue weighted by atomic mass is 9.73. The summed E-state index contributed by atoms with van der Waals surface area (Å²) in [6, 6.07) is 22.4. The number of hydrogen-bond donors (Lipinski definition) is 2. The van der Waals surface area contributed by atoms with Gasteiger partial charge in [0.1, 0.15) is 6.04 Å². The number of nitrogens with zero attached hydrogens (tertiary/aromatic N) is 1. The highest BCUT2D eigenvalue weighted by atomic mass is 16.2. The summed E-state index contributed by atoms with van der Waals surface area (Å²) in [6.45, 7) is 4.76. The van der Waals surface area contributed by atoms with Crippen LogP contribution >= 0.6 is 0 Å². The van der Waals surface area contributed by atoms with E-state index >= 15 is 0 Å². The molecule has 1 aliphatic heterocycles. The molecule has 5 rings (SSSR count). The van der Waals surface area contributed by atoms with Gasteiger partial charge in [0.2, 0.25) is 11.8 Å². The van der Waals surface area contributed by atoms with E-state index in [1.54, 1.807) is 13.8 Å². The fraction of sp³-hybridized carbons (Fsp3) is 0.400. The van der Waals surface area contributed by atoms with Gasteiger partial charge in [-0.1, -0.05) is 66.7 Å². The molecule has 5 nitrogen and oxygen atoms in total. The number of carbonyl (C=O) groups is 2. The van der Waals surface area contributed by atoms with Crippen molar-refractivity contribution in [3.8, 4) is 0 Å². The van der Waals surface area contributed by atoms with Crippen LogP contribution in [0.15, 0.2) is 66.7 Å². The first-order valence-electron chi connectivity index (χ1n) is 12.7. The van der Waals surface area contributed by atoms with E-state index in [-0.39, 0.29) is 17.2 Å². The SMILES string of the molecule is CC(C)(N)C(=O)N[C@H](Cc1cccc2ccccc12)C(=O)N1CCC2(CCc3ccccc32)CC1. The molecule has 2 aliphatic rings. The Morgan fingerprint density at radius 1 is 0.971 bits per heavy atom. The Labute approximate surface area is 207 Å². The number of nitrogens with two attached hydrogens (primary N) is 1. The molecule has 1 saturated heterocycles. The van der Waals surface area contributed by atoms with Gasteiger partial charge in [0.15, 0.2) is 0 Å². The predicted molar refractivity (Wildman–Crippen MR) is 140 cm³/mol. The summed E-state index contributed by atoms with van der Waals surface area (Å²) in [5.41, 5.74) is 9.18. The molecule has 0 saturated carbocycles. The van der Waals surface area contributed by atoms with Crippen molar-refractivity contribution in [3.63, 3.8) is 0 Å². The number of fused-ring (bicyclic) bond motifs is 3. The molecule has 5 heteroatoms. The zero-order valence-corrected chi connectivity index (χ0v) is 20.7. The van der Waals surface area contributed by atoms with Gasteiger partial charge in [0.05, 0.1) is 5.54 Å². The summed E-state index contributed by atoms with van der Waals surface area (Å²) in [6.07, 6.45) is 4.65. The van der Waals surface area contributed by atoms with Gasteiger partial charge in [-0.05, 0) is 72.4 Å². The summed E-state index contributed by atoms with van der Waals surface area (Å²) in [5.74, 6) is -0.328. The third-order valence-corrected chi connectivity index (χ3v) is 7.99. The number of rotatable bonds is 5. The molecule has 1 fully saturated rings. The minimum Gasteiger partial charge on any atom is -0.342 e. The molecule has 1 atom stereocenters. The van der Waals surface area contributed by atoms with Gasteiger partial charge >= 0.3 is 0 Å². The summed E-state index contributed by atoms with van der Waals surface area (Å²) in [7, 11) is 0. The number of nitrogens with one attached hydrogen (secondary N) is 1. The summed E-state index contributed by atoms with van der Waals surface area (Å²) in [4.78, 5) is 28.6. The van der Waals surface area contributed by atoms with E-state index in [4.69, 9.17) is 5.73 Å². The van der Waals surface area contributed by atoms with Crippen molar-refractivity contribution in [2.45, 2.75) is 62.9 Å². The molecule has 3 N–H and O–H groups in total. The van der Waals surface area contributed by atoms with Crippen LogP contribution in [0.5, 0.6) is 0 Å². The van der Waals surface area contributed by atoms with E-state index in [0.29, 0.717) is 19.5 Å². The molecule has 35 heavy (non-hydrogen) atoms. The van der Waals surface area contributed by atoms with Crippen LogP contribution in [0.4, 0.5) is 0 Å². The molecule has 0 aromatic heterocycles. The molecule has 3 aromatic rings. The van der Waals surface area contributed by atoms with Crippen molar-refractivity contribution in [1.82, 2.24) is 10.2 Å². The van der Waals surface area contributed by atoms with E-state index in [1.807, 2.05) is 29.2 Å². The first-order valence-corrected chi connectivity index (χ1v) is 12.7. The third-order valence-electron chi connectivity index (χ3n) is 7.99. The highest BCUT2D eigenvalue weighted by Gasteiger charge is 2.42. The largest absolute Gasteiger partial charge is 0.342 e. The highest BCUT2D eigenvalue weighted by Crippen LogP contribution is 2.46. The van der Waals surface area contributed by atoms with Crippen LogP contribution in [-0.2, 0) is 27.8 Å². The van der Waals surface area contributed by atoms with Gasteiger partial charge in [-0.2, -0.15) is 0 Å². The Hall–Kier alpha value is -3.18. The van der Waals surface area contributed by atoms with Crippen LogP contribution < -0.4 is 11.1 Å². The maximum Gasteiger partial charge on any atom is 0.245 e. The number of amides is 2. The number of likely N-dealkylation sites (tertiary alicyclic amines) is 1. The minimum atomic E-state index is -1.06. The maximum atomic E-state index is 13.8.